The van der Waals surface area contributed by atoms with E-state index in [0.717, 1.165) is 6.61 Å². The molecule has 13 heavy (non-hydrogen) atoms. The van der Waals surface area contributed by atoms with Gasteiger partial charge in [0.15, 0.2) is 0 Å². The molecule has 2 atom stereocenters. The molecule has 1 rings (SSSR count). The summed E-state index contributed by atoms with van der Waals surface area (Å²) in [4.78, 5) is 0. The fourth-order valence-corrected chi connectivity index (χ4v) is 1.34. The molecule has 0 aliphatic rings. The summed E-state index contributed by atoms with van der Waals surface area (Å²) in [5.74, 6) is 0. The molecule has 0 saturated heterocycles. The average Bonchev–Trinajstić information content (AvgIpc) is 2.55. The Morgan fingerprint density at radius 1 is 1.54 bits per heavy atom. The number of rotatable bonds is 5. The largest absolute Gasteiger partial charge is 0.472 e. The second kappa shape index (κ2) is 5.04. The van der Waals surface area contributed by atoms with Gasteiger partial charge in [0.05, 0.1) is 19.1 Å². The lowest BCUT2D eigenvalue weighted by Gasteiger charge is -2.17. The lowest BCUT2D eigenvalue weighted by Crippen LogP contribution is -2.32. The van der Waals surface area contributed by atoms with Crippen LogP contribution in [0, 0.1) is 0 Å². The minimum Gasteiger partial charge on any atom is -0.472 e. The van der Waals surface area contributed by atoms with Crippen molar-refractivity contribution in [3.05, 3.63) is 24.2 Å². The van der Waals surface area contributed by atoms with E-state index >= 15 is 0 Å². The van der Waals surface area contributed by atoms with Crippen LogP contribution >= 0.6 is 0 Å². The first-order chi connectivity index (χ1) is 6.24. The average molecular weight is 183 g/mol. The topological polar surface area (TPSA) is 34.4 Å². The third-order valence-electron chi connectivity index (χ3n) is 1.99. The van der Waals surface area contributed by atoms with Gasteiger partial charge < -0.3 is 14.5 Å². The monoisotopic (exact) mass is 183 g/mol. The van der Waals surface area contributed by atoms with Crippen LogP contribution in [0.25, 0.3) is 0 Å². The Hall–Kier alpha value is -0.800. The summed E-state index contributed by atoms with van der Waals surface area (Å²) in [7, 11) is 1.71. The van der Waals surface area contributed by atoms with Crippen LogP contribution < -0.4 is 5.32 Å². The molecule has 0 saturated carbocycles. The molecule has 2 unspecified atom stereocenters. The van der Waals surface area contributed by atoms with Crippen LogP contribution in [0.2, 0.25) is 0 Å². The van der Waals surface area contributed by atoms with E-state index in [2.05, 4.69) is 19.2 Å². The Labute approximate surface area is 79.1 Å². The smallest absolute Gasteiger partial charge is 0.0950 e. The van der Waals surface area contributed by atoms with Gasteiger partial charge in [0.25, 0.3) is 0 Å². The molecular formula is C10H17NO2. The standard InChI is InChI=1S/C10H17NO2/c1-8(6-12-3)11-9(2)10-4-5-13-7-10/h4-5,7-9,11H,6H2,1-3H3. The SMILES string of the molecule is COCC(C)NC(C)c1ccoc1. The van der Waals surface area contributed by atoms with E-state index in [9.17, 15) is 0 Å². The van der Waals surface area contributed by atoms with E-state index in [1.54, 1.807) is 19.6 Å². The van der Waals surface area contributed by atoms with E-state index < -0.39 is 0 Å². The van der Waals surface area contributed by atoms with Crippen LogP contribution in [0.15, 0.2) is 23.0 Å². The molecule has 1 heterocycles. The highest BCUT2D eigenvalue weighted by Gasteiger charge is 2.09. The fraction of sp³-hybridized carbons (Fsp3) is 0.600. The number of furan rings is 1. The summed E-state index contributed by atoms with van der Waals surface area (Å²) < 4.78 is 10.0. The van der Waals surface area contributed by atoms with E-state index in [-0.39, 0.29) is 0 Å². The first-order valence-corrected chi connectivity index (χ1v) is 4.51. The van der Waals surface area contributed by atoms with Crippen molar-refractivity contribution in [1.82, 2.24) is 5.32 Å². The molecule has 3 nitrogen and oxygen atoms in total. The van der Waals surface area contributed by atoms with Crippen molar-refractivity contribution in [2.45, 2.75) is 25.9 Å². The van der Waals surface area contributed by atoms with Crippen LogP contribution in [0.5, 0.6) is 0 Å². The molecule has 0 aromatic carbocycles. The zero-order valence-corrected chi connectivity index (χ0v) is 8.41. The van der Waals surface area contributed by atoms with Crippen LogP contribution in [0.3, 0.4) is 0 Å². The maximum absolute atomic E-state index is 5.04. The lowest BCUT2D eigenvalue weighted by atomic mass is 10.1. The van der Waals surface area contributed by atoms with Crippen LogP contribution in [0.4, 0.5) is 0 Å². The van der Waals surface area contributed by atoms with Gasteiger partial charge in [0.1, 0.15) is 0 Å². The van der Waals surface area contributed by atoms with Crippen LogP contribution in [-0.4, -0.2) is 19.8 Å². The highest BCUT2D eigenvalue weighted by atomic mass is 16.5. The number of hydrogen-bond acceptors (Lipinski definition) is 3. The summed E-state index contributed by atoms with van der Waals surface area (Å²) in [6.07, 6.45) is 3.45. The zero-order chi connectivity index (χ0) is 9.68. The van der Waals surface area contributed by atoms with Gasteiger partial charge in [-0.3, -0.25) is 0 Å². The Bertz CT molecular complexity index is 221. The van der Waals surface area contributed by atoms with Crippen molar-refractivity contribution in [3.8, 4) is 0 Å². The molecule has 0 spiro atoms. The van der Waals surface area contributed by atoms with Crippen molar-refractivity contribution in [3.63, 3.8) is 0 Å². The normalized spacial score (nSPS) is 15.6. The molecule has 1 aromatic rings. The predicted octanol–water partition coefficient (Wildman–Crippen LogP) is 1.97. The van der Waals surface area contributed by atoms with Crippen molar-refractivity contribution in [2.75, 3.05) is 13.7 Å². The Morgan fingerprint density at radius 2 is 2.31 bits per heavy atom. The first-order valence-electron chi connectivity index (χ1n) is 4.51. The highest BCUT2D eigenvalue weighted by molar-refractivity contribution is 5.10. The van der Waals surface area contributed by atoms with Gasteiger partial charge in [-0.25, -0.2) is 0 Å². The molecule has 1 aromatic heterocycles. The summed E-state index contributed by atoms with van der Waals surface area (Å²) in [6.45, 7) is 4.93. The van der Waals surface area contributed by atoms with Crippen LogP contribution in [0.1, 0.15) is 25.5 Å². The van der Waals surface area contributed by atoms with E-state index in [0.29, 0.717) is 12.1 Å². The third-order valence-corrected chi connectivity index (χ3v) is 1.99. The van der Waals surface area contributed by atoms with Gasteiger partial charge in [0, 0.05) is 24.8 Å². The van der Waals surface area contributed by atoms with Gasteiger partial charge in [-0.2, -0.15) is 0 Å². The number of ether oxygens (including phenoxy) is 1. The number of methoxy groups -OCH3 is 1. The van der Waals surface area contributed by atoms with Gasteiger partial charge in [-0.15, -0.1) is 0 Å². The van der Waals surface area contributed by atoms with Gasteiger partial charge in [-0.05, 0) is 19.9 Å². The van der Waals surface area contributed by atoms with Crippen molar-refractivity contribution in [2.24, 2.45) is 0 Å². The maximum atomic E-state index is 5.04. The molecule has 0 aliphatic carbocycles. The van der Waals surface area contributed by atoms with Crippen molar-refractivity contribution >= 4 is 0 Å². The summed E-state index contributed by atoms with van der Waals surface area (Å²) in [5.41, 5.74) is 1.17. The summed E-state index contributed by atoms with van der Waals surface area (Å²) in [5, 5.41) is 3.40. The molecular weight excluding hydrogens is 166 g/mol. The lowest BCUT2D eigenvalue weighted by molar-refractivity contribution is 0.167. The molecule has 0 amide bonds. The summed E-state index contributed by atoms with van der Waals surface area (Å²) >= 11 is 0. The van der Waals surface area contributed by atoms with E-state index in [1.807, 2.05) is 6.07 Å². The van der Waals surface area contributed by atoms with Gasteiger partial charge >= 0.3 is 0 Å². The van der Waals surface area contributed by atoms with E-state index in [1.165, 1.54) is 5.56 Å². The van der Waals surface area contributed by atoms with Gasteiger partial charge in [0.2, 0.25) is 0 Å². The molecule has 0 radical (unpaired) electrons. The Kier molecular flexibility index (Phi) is 3.99. The molecule has 3 heteroatoms. The predicted molar refractivity (Wildman–Crippen MR) is 51.6 cm³/mol. The molecule has 0 aliphatic heterocycles. The zero-order valence-electron chi connectivity index (χ0n) is 8.41. The molecule has 0 bridgehead atoms. The number of hydrogen-bond donors (Lipinski definition) is 1. The Balaban J connectivity index is 2.37. The number of nitrogens with one attached hydrogen (secondary N) is 1. The maximum Gasteiger partial charge on any atom is 0.0950 e. The second-order valence-electron chi connectivity index (χ2n) is 3.30. The quantitative estimate of drug-likeness (QED) is 0.757. The minimum absolute atomic E-state index is 0.309. The molecule has 74 valence electrons. The van der Waals surface area contributed by atoms with Crippen LogP contribution in [-0.2, 0) is 4.74 Å². The van der Waals surface area contributed by atoms with E-state index in [4.69, 9.17) is 9.15 Å². The molecule has 1 N–H and O–H groups in total. The first kappa shape index (κ1) is 10.3. The second-order valence-corrected chi connectivity index (χ2v) is 3.30. The highest BCUT2D eigenvalue weighted by Crippen LogP contribution is 2.12. The third kappa shape index (κ3) is 3.20. The fourth-order valence-electron chi connectivity index (χ4n) is 1.34. The Morgan fingerprint density at radius 3 is 2.85 bits per heavy atom. The molecule has 0 fully saturated rings. The van der Waals surface area contributed by atoms with Gasteiger partial charge in [-0.1, -0.05) is 0 Å². The minimum atomic E-state index is 0.309. The summed E-state index contributed by atoms with van der Waals surface area (Å²) in [6, 6.07) is 2.63. The van der Waals surface area contributed by atoms with Crippen molar-refractivity contribution in [1.29, 1.82) is 0 Å². The van der Waals surface area contributed by atoms with Crippen molar-refractivity contribution < 1.29 is 9.15 Å².